The predicted molar refractivity (Wildman–Crippen MR) is 70.4 cm³/mol. The van der Waals surface area contributed by atoms with Crippen molar-refractivity contribution in [3.8, 4) is 0 Å². The van der Waals surface area contributed by atoms with Gasteiger partial charge in [-0.3, -0.25) is 9.59 Å². The van der Waals surface area contributed by atoms with Gasteiger partial charge in [-0.1, -0.05) is 19.4 Å². The second-order valence-electron chi connectivity index (χ2n) is 3.96. The average molecular weight is 253 g/mol. The molecule has 0 atom stereocenters. The van der Waals surface area contributed by atoms with Crippen molar-refractivity contribution in [2.24, 2.45) is 0 Å². The molecule has 0 spiro atoms. The van der Waals surface area contributed by atoms with Crippen LogP contribution in [0.4, 0.5) is 0 Å². The maximum Gasteiger partial charge on any atom is 0.220 e. The van der Waals surface area contributed by atoms with Gasteiger partial charge in [0.2, 0.25) is 5.91 Å². The molecule has 0 saturated carbocycles. The maximum atomic E-state index is 11.6. The van der Waals surface area contributed by atoms with Crippen molar-refractivity contribution in [2.75, 3.05) is 6.54 Å². The molecule has 0 bridgehead atoms. The maximum absolute atomic E-state index is 11.6. The van der Waals surface area contributed by atoms with Crippen LogP contribution in [-0.2, 0) is 4.79 Å². The number of rotatable bonds is 8. The number of nitrogens with one attached hydrogen (secondary N) is 1. The summed E-state index contributed by atoms with van der Waals surface area (Å²) in [5.74, 6) is 0.193. The highest BCUT2D eigenvalue weighted by Gasteiger charge is 2.07. The lowest BCUT2D eigenvalue weighted by atomic mass is 10.1. The van der Waals surface area contributed by atoms with Crippen LogP contribution in [0.2, 0.25) is 0 Å². The Morgan fingerprint density at radius 3 is 2.76 bits per heavy atom. The molecule has 1 amide bonds. The van der Waals surface area contributed by atoms with E-state index in [4.69, 9.17) is 0 Å². The van der Waals surface area contributed by atoms with Gasteiger partial charge in [0.1, 0.15) is 0 Å². The van der Waals surface area contributed by atoms with Crippen LogP contribution < -0.4 is 5.32 Å². The van der Waals surface area contributed by atoms with E-state index in [1.165, 1.54) is 11.3 Å². The smallest absolute Gasteiger partial charge is 0.220 e. The van der Waals surface area contributed by atoms with Crippen LogP contribution in [0.3, 0.4) is 0 Å². The number of amides is 1. The minimum absolute atomic E-state index is 0.0532. The highest BCUT2D eigenvalue weighted by atomic mass is 32.1. The summed E-state index contributed by atoms with van der Waals surface area (Å²) in [6.07, 6.45) is 3.63. The van der Waals surface area contributed by atoms with Crippen LogP contribution in [0.25, 0.3) is 0 Å². The van der Waals surface area contributed by atoms with Crippen molar-refractivity contribution >= 4 is 23.0 Å². The Morgan fingerprint density at radius 1 is 1.29 bits per heavy atom. The third kappa shape index (κ3) is 5.63. The largest absolute Gasteiger partial charge is 0.356 e. The lowest BCUT2D eigenvalue weighted by Crippen LogP contribution is -2.24. The summed E-state index contributed by atoms with van der Waals surface area (Å²) in [5.41, 5.74) is 0. The Kier molecular flexibility index (Phi) is 6.55. The molecule has 0 fully saturated rings. The summed E-state index contributed by atoms with van der Waals surface area (Å²) in [4.78, 5) is 23.8. The van der Waals surface area contributed by atoms with Gasteiger partial charge >= 0.3 is 0 Å². The molecule has 0 saturated heterocycles. The Labute approximate surface area is 106 Å². The summed E-state index contributed by atoms with van der Waals surface area (Å²) in [7, 11) is 0. The molecule has 3 nitrogen and oxygen atoms in total. The van der Waals surface area contributed by atoms with Gasteiger partial charge in [0.15, 0.2) is 5.78 Å². The molecule has 1 aromatic rings. The molecule has 0 aliphatic heterocycles. The van der Waals surface area contributed by atoms with Crippen LogP contribution >= 0.6 is 11.3 Å². The second-order valence-corrected chi connectivity index (χ2v) is 4.91. The monoisotopic (exact) mass is 253 g/mol. The number of hydrogen-bond donors (Lipinski definition) is 1. The molecule has 0 unspecified atom stereocenters. The van der Waals surface area contributed by atoms with Crippen molar-refractivity contribution < 1.29 is 9.59 Å². The van der Waals surface area contributed by atoms with E-state index in [0.29, 0.717) is 19.3 Å². The molecular weight excluding hydrogens is 234 g/mol. The number of carbonyl (C=O) groups excluding carboxylic acids is 2. The van der Waals surface area contributed by atoms with Gasteiger partial charge in [-0.2, -0.15) is 0 Å². The standard InChI is InChI=1S/C13H19NO2S/c1-2-3-9-14-13(16)8-4-6-11(15)12-7-5-10-17-12/h5,7,10H,2-4,6,8-9H2,1H3,(H,14,16). The number of carbonyl (C=O) groups is 2. The van der Waals surface area contributed by atoms with E-state index >= 15 is 0 Å². The van der Waals surface area contributed by atoms with Crippen molar-refractivity contribution in [2.45, 2.75) is 39.0 Å². The number of ketones is 1. The number of Topliss-reactive ketones (excluding diaryl/α,β-unsaturated/α-hetero) is 1. The Bertz CT molecular complexity index is 346. The summed E-state index contributed by atoms with van der Waals surface area (Å²) >= 11 is 1.46. The Morgan fingerprint density at radius 2 is 2.12 bits per heavy atom. The molecule has 1 heterocycles. The van der Waals surface area contributed by atoms with E-state index < -0.39 is 0 Å². The van der Waals surface area contributed by atoms with Crippen molar-refractivity contribution in [3.05, 3.63) is 22.4 Å². The number of hydrogen-bond acceptors (Lipinski definition) is 3. The summed E-state index contributed by atoms with van der Waals surface area (Å²) in [5, 5.41) is 4.74. The first kappa shape index (κ1) is 13.9. The minimum atomic E-state index is 0.0532. The molecule has 94 valence electrons. The first-order valence-electron chi connectivity index (χ1n) is 6.07. The third-order valence-corrected chi connectivity index (χ3v) is 3.37. The number of unbranched alkanes of at least 4 members (excludes halogenated alkanes) is 1. The zero-order valence-corrected chi connectivity index (χ0v) is 11.0. The quantitative estimate of drug-likeness (QED) is 0.572. The zero-order valence-electron chi connectivity index (χ0n) is 10.2. The SMILES string of the molecule is CCCCNC(=O)CCCC(=O)c1cccs1. The summed E-state index contributed by atoms with van der Waals surface area (Å²) in [6.45, 7) is 2.83. The topological polar surface area (TPSA) is 46.2 Å². The van der Waals surface area contributed by atoms with Gasteiger partial charge < -0.3 is 5.32 Å². The van der Waals surface area contributed by atoms with Gasteiger partial charge in [0, 0.05) is 19.4 Å². The molecule has 0 radical (unpaired) electrons. The van der Waals surface area contributed by atoms with Gasteiger partial charge in [-0.15, -0.1) is 11.3 Å². The molecule has 0 aromatic carbocycles. The molecule has 4 heteroatoms. The lowest BCUT2D eigenvalue weighted by molar-refractivity contribution is -0.121. The van der Waals surface area contributed by atoms with Gasteiger partial charge in [0.25, 0.3) is 0 Å². The predicted octanol–water partition coefficient (Wildman–Crippen LogP) is 3.02. The lowest BCUT2D eigenvalue weighted by Gasteiger charge is -2.03. The van der Waals surface area contributed by atoms with E-state index in [1.54, 1.807) is 0 Å². The van der Waals surface area contributed by atoms with E-state index in [0.717, 1.165) is 24.3 Å². The van der Waals surface area contributed by atoms with Crippen molar-refractivity contribution in [1.82, 2.24) is 5.32 Å². The van der Waals surface area contributed by atoms with E-state index in [2.05, 4.69) is 12.2 Å². The highest BCUT2D eigenvalue weighted by molar-refractivity contribution is 7.12. The second kappa shape index (κ2) is 8.01. The molecular formula is C13H19NO2S. The Balaban J connectivity index is 2.11. The highest BCUT2D eigenvalue weighted by Crippen LogP contribution is 2.12. The normalized spacial score (nSPS) is 10.2. The van der Waals surface area contributed by atoms with E-state index in [1.807, 2.05) is 17.5 Å². The van der Waals surface area contributed by atoms with Crippen LogP contribution in [0, 0.1) is 0 Å². The Hall–Kier alpha value is -1.16. The molecule has 0 aliphatic carbocycles. The first-order chi connectivity index (χ1) is 8.24. The van der Waals surface area contributed by atoms with Gasteiger partial charge in [-0.25, -0.2) is 0 Å². The van der Waals surface area contributed by atoms with Crippen molar-refractivity contribution in [1.29, 1.82) is 0 Å². The molecule has 1 aromatic heterocycles. The van der Waals surface area contributed by atoms with Crippen LogP contribution in [0.15, 0.2) is 17.5 Å². The molecule has 1 N–H and O–H groups in total. The molecule has 1 rings (SSSR count). The minimum Gasteiger partial charge on any atom is -0.356 e. The molecule has 0 aliphatic rings. The zero-order chi connectivity index (χ0) is 12.5. The number of thiophene rings is 1. The summed E-state index contributed by atoms with van der Waals surface area (Å²) in [6, 6.07) is 3.70. The van der Waals surface area contributed by atoms with Crippen LogP contribution in [0.1, 0.15) is 48.7 Å². The fourth-order valence-corrected chi connectivity index (χ4v) is 2.16. The summed E-state index contributed by atoms with van der Waals surface area (Å²) < 4.78 is 0. The average Bonchev–Trinajstić information content (AvgIpc) is 2.82. The van der Waals surface area contributed by atoms with E-state index in [9.17, 15) is 9.59 Å². The first-order valence-corrected chi connectivity index (χ1v) is 6.95. The van der Waals surface area contributed by atoms with Crippen LogP contribution in [0.5, 0.6) is 0 Å². The molecule has 17 heavy (non-hydrogen) atoms. The fraction of sp³-hybridized carbons (Fsp3) is 0.538. The van der Waals surface area contributed by atoms with E-state index in [-0.39, 0.29) is 11.7 Å². The van der Waals surface area contributed by atoms with Crippen LogP contribution in [-0.4, -0.2) is 18.2 Å². The van der Waals surface area contributed by atoms with Crippen molar-refractivity contribution in [3.63, 3.8) is 0 Å². The van der Waals surface area contributed by atoms with Gasteiger partial charge in [0.05, 0.1) is 4.88 Å². The fourth-order valence-electron chi connectivity index (χ4n) is 1.46. The third-order valence-electron chi connectivity index (χ3n) is 2.46. The van der Waals surface area contributed by atoms with Gasteiger partial charge in [-0.05, 0) is 24.3 Å².